The Morgan fingerprint density at radius 1 is 1.24 bits per heavy atom. The van der Waals surface area contributed by atoms with E-state index in [4.69, 9.17) is 16.3 Å². The van der Waals surface area contributed by atoms with E-state index in [1.54, 1.807) is 25.3 Å². The van der Waals surface area contributed by atoms with E-state index in [-0.39, 0.29) is 5.91 Å². The molecule has 0 bridgehead atoms. The second-order valence-electron chi connectivity index (χ2n) is 4.70. The highest BCUT2D eigenvalue weighted by atomic mass is 79.9. The molecule has 21 heavy (non-hydrogen) atoms. The highest BCUT2D eigenvalue weighted by Crippen LogP contribution is 2.29. The molecule has 0 fully saturated rings. The lowest BCUT2D eigenvalue weighted by atomic mass is 10.1. The minimum Gasteiger partial charge on any atom is -0.496 e. The van der Waals surface area contributed by atoms with Crippen molar-refractivity contribution < 1.29 is 9.53 Å². The molecule has 0 saturated heterocycles. The Balaban J connectivity index is 2.32. The molecule has 0 unspecified atom stereocenters. The Morgan fingerprint density at radius 3 is 2.57 bits per heavy atom. The number of carbonyl (C=O) groups excluding carboxylic acids is 1. The van der Waals surface area contributed by atoms with E-state index in [2.05, 4.69) is 21.2 Å². The molecule has 0 saturated carbocycles. The molecular weight excluding hydrogens is 354 g/mol. The maximum atomic E-state index is 12.3. The normalized spacial score (nSPS) is 10.3. The number of rotatable bonds is 3. The van der Waals surface area contributed by atoms with Crippen molar-refractivity contribution in [2.75, 3.05) is 12.4 Å². The average molecular weight is 369 g/mol. The predicted octanol–water partition coefficient (Wildman–Crippen LogP) is 4.98. The molecule has 2 aromatic rings. The molecule has 1 N–H and O–H groups in total. The van der Waals surface area contributed by atoms with Crippen LogP contribution in [0, 0.1) is 13.8 Å². The van der Waals surface area contributed by atoms with Crippen molar-refractivity contribution >= 4 is 39.1 Å². The molecule has 0 spiro atoms. The van der Waals surface area contributed by atoms with Crippen LogP contribution in [0.3, 0.4) is 0 Å². The molecule has 2 aromatic carbocycles. The summed E-state index contributed by atoms with van der Waals surface area (Å²) < 4.78 is 6.12. The summed E-state index contributed by atoms with van der Waals surface area (Å²) in [6.07, 6.45) is 0. The zero-order chi connectivity index (χ0) is 15.6. The number of methoxy groups -OCH3 is 1. The van der Waals surface area contributed by atoms with E-state index in [1.807, 2.05) is 26.0 Å². The SMILES string of the molecule is COc1c(C)ccc(NC(=O)c2cc(Cl)cc(Br)c2)c1C. The van der Waals surface area contributed by atoms with Gasteiger partial charge in [0.25, 0.3) is 5.91 Å². The molecule has 0 heterocycles. The summed E-state index contributed by atoms with van der Waals surface area (Å²) in [7, 11) is 1.62. The molecule has 0 radical (unpaired) electrons. The van der Waals surface area contributed by atoms with Crippen LogP contribution in [-0.4, -0.2) is 13.0 Å². The van der Waals surface area contributed by atoms with Crippen LogP contribution in [0.2, 0.25) is 5.02 Å². The second kappa shape index (κ2) is 6.50. The number of ether oxygens (including phenoxy) is 1. The molecule has 0 aliphatic heterocycles. The van der Waals surface area contributed by atoms with Crippen molar-refractivity contribution in [2.45, 2.75) is 13.8 Å². The summed E-state index contributed by atoms with van der Waals surface area (Å²) in [5, 5.41) is 3.39. The first-order chi connectivity index (χ1) is 9.92. The van der Waals surface area contributed by atoms with E-state index >= 15 is 0 Å². The minimum atomic E-state index is -0.216. The van der Waals surface area contributed by atoms with Gasteiger partial charge in [0.1, 0.15) is 5.75 Å². The molecule has 1 amide bonds. The summed E-state index contributed by atoms with van der Waals surface area (Å²) in [6.45, 7) is 3.88. The van der Waals surface area contributed by atoms with Gasteiger partial charge in [0.15, 0.2) is 0 Å². The fourth-order valence-corrected chi connectivity index (χ4v) is 3.02. The second-order valence-corrected chi connectivity index (χ2v) is 6.05. The van der Waals surface area contributed by atoms with Gasteiger partial charge < -0.3 is 10.1 Å². The summed E-state index contributed by atoms with van der Waals surface area (Å²) in [4.78, 5) is 12.3. The Kier molecular flexibility index (Phi) is 4.91. The fourth-order valence-electron chi connectivity index (χ4n) is 2.16. The molecule has 0 aliphatic carbocycles. The van der Waals surface area contributed by atoms with E-state index in [1.165, 1.54) is 0 Å². The zero-order valence-corrected chi connectivity index (χ0v) is 14.3. The standard InChI is InChI=1S/C16H15BrClNO2/c1-9-4-5-14(10(2)15(9)21-3)19-16(20)11-6-12(17)8-13(18)7-11/h4-8H,1-3H3,(H,19,20). The average Bonchev–Trinajstić information content (AvgIpc) is 2.41. The quantitative estimate of drug-likeness (QED) is 0.829. The molecule has 2 rings (SSSR count). The van der Waals surface area contributed by atoms with Gasteiger partial charge in [-0.1, -0.05) is 33.6 Å². The number of amides is 1. The molecule has 3 nitrogen and oxygen atoms in total. The zero-order valence-electron chi connectivity index (χ0n) is 12.0. The van der Waals surface area contributed by atoms with Crippen molar-refractivity contribution in [2.24, 2.45) is 0 Å². The summed E-state index contributed by atoms with van der Waals surface area (Å²) >= 11 is 9.30. The minimum absolute atomic E-state index is 0.216. The van der Waals surface area contributed by atoms with Crippen LogP contribution >= 0.6 is 27.5 Å². The predicted molar refractivity (Wildman–Crippen MR) is 89.6 cm³/mol. The topological polar surface area (TPSA) is 38.3 Å². The number of hydrogen-bond donors (Lipinski definition) is 1. The highest BCUT2D eigenvalue weighted by Gasteiger charge is 2.12. The van der Waals surface area contributed by atoms with Gasteiger partial charge >= 0.3 is 0 Å². The van der Waals surface area contributed by atoms with Crippen molar-refractivity contribution in [3.8, 4) is 5.75 Å². The Bertz CT molecular complexity index is 681. The number of benzene rings is 2. The van der Waals surface area contributed by atoms with Crippen molar-refractivity contribution in [3.63, 3.8) is 0 Å². The maximum Gasteiger partial charge on any atom is 0.255 e. The third-order valence-electron chi connectivity index (χ3n) is 3.18. The van der Waals surface area contributed by atoms with Gasteiger partial charge in [-0.05, 0) is 43.7 Å². The molecule has 110 valence electrons. The van der Waals surface area contributed by atoms with Crippen LogP contribution in [0.25, 0.3) is 0 Å². The van der Waals surface area contributed by atoms with Crippen LogP contribution in [0.5, 0.6) is 5.75 Å². The number of hydrogen-bond acceptors (Lipinski definition) is 2. The van der Waals surface area contributed by atoms with Crippen LogP contribution in [-0.2, 0) is 0 Å². The highest BCUT2D eigenvalue weighted by molar-refractivity contribution is 9.10. The molecular formula is C16H15BrClNO2. The van der Waals surface area contributed by atoms with E-state index < -0.39 is 0 Å². The van der Waals surface area contributed by atoms with Crippen LogP contribution in [0.4, 0.5) is 5.69 Å². The molecule has 0 atom stereocenters. The number of aryl methyl sites for hydroxylation is 1. The first-order valence-corrected chi connectivity index (χ1v) is 7.51. The van der Waals surface area contributed by atoms with Crippen LogP contribution < -0.4 is 10.1 Å². The summed E-state index contributed by atoms with van der Waals surface area (Å²) in [5.41, 5.74) is 3.14. The van der Waals surface area contributed by atoms with Gasteiger partial charge in [-0.15, -0.1) is 0 Å². The van der Waals surface area contributed by atoms with E-state index in [9.17, 15) is 4.79 Å². The monoisotopic (exact) mass is 367 g/mol. The van der Waals surface area contributed by atoms with Gasteiger partial charge in [0.2, 0.25) is 0 Å². The number of nitrogens with one attached hydrogen (secondary N) is 1. The third kappa shape index (κ3) is 3.57. The molecule has 0 aliphatic rings. The van der Waals surface area contributed by atoms with Crippen molar-refractivity contribution in [1.82, 2.24) is 0 Å². The molecule has 5 heteroatoms. The van der Waals surface area contributed by atoms with E-state index in [0.717, 1.165) is 27.0 Å². The smallest absolute Gasteiger partial charge is 0.255 e. The van der Waals surface area contributed by atoms with Crippen molar-refractivity contribution in [1.29, 1.82) is 0 Å². The van der Waals surface area contributed by atoms with Gasteiger partial charge in [-0.2, -0.15) is 0 Å². The number of anilines is 1. The number of halogens is 2. The largest absolute Gasteiger partial charge is 0.496 e. The first-order valence-electron chi connectivity index (χ1n) is 6.34. The van der Waals surface area contributed by atoms with E-state index in [0.29, 0.717) is 10.6 Å². The lowest BCUT2D eigenvalue weighted by molar-refractivity contribution is 0.102. The fraction of sp³-hybridized carbons (Fsp3) is 0.188. The third-order valence-corrected chi connectivity index (χ3v) is 3.86. The maximum absolute atomic E-state index is 12.3. The Morgan fingerprint density at radius 2 is 1.95 bits per heavy atom. The summed E-state index contributed by atoms with van der Waals surface area (Å²) in [6, 6.07) is 8.86. The Labute approximate surface area is 137 Å². The first kappa shape index (κ1) is 15.9. The number of carbonyl (C=O) groups is 1. The van der Waals surface area contributed by atoms with Gasteiger partial charge in [0.05, 0.1) is 7.11 Å². The van der Waals surface area contributed by atoms with Gasteiger partial charge in [0, 0.05) is 26.3 Å². The Hall–Kier alpha value is -1.52. The lowest BCUT2D eigenvalue weighted by Crippen LogP contribution is -2.13. The van der Waals surface area contributed by atoms with Gasteiger partial charge in [-0.3, -0.25) is 4.79 Å². The molecule has 0 aromatic heterocycles. The summed E-state index contributed by atoms with van der Waals surface area (Å²) in [5.74, 6) is 0.562. The lowest BCUT2D eigenvalue weighted by Gasteiger charge is -2.14. The van der Waals surface area contributed by atoms with Crippen LogP contribution in [0.15, 0.2) is 34.8 Å². The van der Waals surface area contributed by atoms with Crippen molar-refractivity contribution in [3.05, 3.63) is 56.5 Å². The van der Waals surface area contributed by atoms with Gasteiger partial charge in [-0.25, -0.2) is 0 Å². The van der Waals surface area contributed by atoms with Crippen LogP contribution in [0.1, 0.15) is 21.5 Å².